The summed E-state index contributed by atoms with van der Waals surface area (Å²) in [5.74, 6) is -0.942. The van der Waals surface area contributed by atoms with Crippen LogP contribution in [0.1, 0.15) is 22.1 Å². The first-order valence-electron chi connectivity index (χ1n) is 8.25. The zero-order valence-corrected chi connectivity index (χ0v) is 14.8. The van der Waals surface area contributed by atoms with Gasteiger partial charge in [0.25, 0.3) is 5.91 Å². The number of nitrogens with zero attached hydrogens (tertiary/aromatic N) is 3. The summed E-state index contributed by atoms with van der Waals surface area (Å²) < 4.78 is 29.7. The molecule has 0 aliphatic heterocycles. The van der Waals surface area contributed by atoms with E-state index in [2.05, 4.69) is 5.10 Å². The van der Waals surface area contributed by atoms with Gasteiger partial charge >= 0.3 is 7.12 Å². The van der Waals surface area contributed by atoms with E-state index in [4.69, 9.17) is 0 Å². The van der Waals surface area contributed by atoms with Crippen molar-refractivity contribution < 1.29 is 23.6 Å². The number of carbonyl (C=O) groups is 1. The van der Waals surface area contributed by atoms with Crippen molar-refractivity contribution in [2.75, 3.05) is 14.1 Å². The fraction of sp³-hybridized carbons (Fsp3) is 0.222. The van der Waals surface area contributed by atoms with E-state index in [1.165, 1.54) is 34.0 Å². The average Bonchev–Trinajstić information content (AvgIpc) is 3.02. The maximum atomic E-state index is 14.7. The molecule has 140 valence electrons. The molecule has 0 unspecified atom stereocenters. The van der Waals surface area contributed by atoms with Crippen LogP contribution >= 0.6 is 0 Å². The number of benzene rings is 2. The highest BCUT2D eigenvalue weighted by Crippen LogP contribution is 2.22. The number of rotatable bonds is 5. The van der Waals surface area contributed by atoms with Gasteiger partial charge in [0.1, 0.15) is 12.0 Å². The monoisotopic (exact) mass is 373 g/mol. The summed E-state index contributed by atoms with van der Waals surface area (Å²) in [7, 11) is 1.28. The maximum absolute atomic E-state index is 14.7. The number of hydrogen-bond donors (Lipinski definition) is 2. The van der Waals surface area contributed by atoms with E-state index in [0.29, 0.717) is 16.6 Å². The number of aromatic nitrogens is 2. The van der Waals surface area contributed by atoms with Crippen molar-refractivity contribution in [2.45, 2.75) is 12.7 Å². The Bertz CT molecular complexity index is 974. The third-order valence-corrected chi connectivity index (χ3v) is 4.26. The number of fused-ring (bicyclic) bond motifs is 1. The summed E-state index contributed by atoms with van der Waals surface area (Å²) in [5.41, 5.74) is 0.871. The maximum Gasteiger partial charge on any atom is 0.492 e. The van der Waals surface area contributed by atoms with Crippen molar-refractivity contribution in [2.24, 2.45) is 0 Å². The molecule has 0 fully saturated rings. The molecule has 0 aliphatic rings. The van der Waals surface area contributed by atoms with Crippen molar-refractivity contribution in [3.63, 3.8) is 0 Å². The number of alkyl halides is 1. The zero-order valence-electron chi connectivity index (χ0n) is 14.8. The predicted molar refractivity (Wildman–Crippen MR) is 97.8 cm³/mol. The molecule has 3 rings (SSSR count). The second kappa shape index (κ2) is 7.46. The van der Waals surface area contributed by atoms with Gasteiger partial charge in [0, 0.05) is 36.7 Å². The zero-order chi connectivity index (χ0) is 19.7. The van der Waals surface area contributed by atoms with Gasteiger partial charge in [-0.15, -0.1) is 0 Å². The van der Waals surface area contributed by atoms with E-state index in [0.717, 1.165) is 6.07 Å². The van der Waals surface area contributed by atoms with Gasteiger partial charge in [-0.05, 0) is 29.8 Å². The van der Waals surface area contributed by atoms with Gasteiger partial charge < -0.3 is 14.9 Å². The van der Waals surface area contributed by atoms with Crippen LogP contribution in [0.4, 0.5) is 8.78 Å². The van der Waals surface area contributed by atoms with Gasteiger partial charge in [-0.1, -0.05) is 12.1 Å². The van der Waals surface area contributed by atoms with Crippen molar-refractivity contribution in [1.29, 1.82) is 0 Å². The summed E-state index contributed by atoms with van der Waals surface area (Å²) >= 11 is 0. The molecule has 1 aromatic heterocycles. The topological polar surface area (TPSA) is 78.6 Å². The molecule has 0 saturated carbocycles. The summed E-state index contributed by atoms with van der Waals surface area (Å²) in [5, 5.41) is 23.1. The van der Waals surface area contributed by atoms with Crippen LogP contribution in [-0.4, -0.2) is 51.8 Å². The largest absolute Gasteiger partial charge is 0.492 e. The number of amides is 1. The molecule has 0 saturated heterocycles. The molecule has 0 bridgehead atoms. The Morgan fingerprint density at radius 3 is 2.48 bits per heavy atom. The van der Waals surface area contributed by atoms with E-state index in [-0.39, 0.29) is 23.3 Å². The average molecular weight is 373 g/mol. The van der Waals surface area contributed by atoms with Crippen LogP contribution in [0.5, 0.6) is 0 Å². The Morgan fingerprint density at radius 2 is 1.89 bits per heavy atom. The lowest BCUT2D eigenvalue weighted by Crippen LogP contribution is -2.33. The van der Waals surface area contributed by atoms with Crippen LogP contribution < -0.4 is 5.46 Å². The molecule has 0 spiro atoms. The molecule has 0 radical (unpaired) electrons. The van der Waals surface area contributed by atoms with E-state index < -0.39 is 19.1 Å². The molecule has 27 heavy (non-hydrogen) atoms. The van der Waals surface area contributed by atoms with Crippen LogP contribution in [0.2, 0.25) is 0 Å². The summed E-state index contributed by atoms with van der Waals surface area (Å²) in [6.07, 6.45) is -0.0286. The van der Waals surface area contributed by atoms with E-state index >= 15 is 0 Å². The Balaban J connectivity index is 1.83. The SMILES string of the molecule is CN(C)C(=O)c1ccc([C@@H](F)Cn2cc3c(B(O)O)c(F)ccc3n2)cc1. The molecular weight excluding hydrogens is 355 g/mol. The molecule has 3 aromatic rings. The standard InChI is InChI=1S/C18H18BF2N3O3/c1-23(2)18(25)12-5-3-11(4-6-12)15(21)10-24-9-13-16(22-24)8-7-14(20)17(13)19(26)27/h3-9,15,26-27H,10H2,1-2H3/t15-/m0/s1. The lowest BCUT2D eigenvalue weighted by molar-refractivity contribution is 0.0827. The van der Waals surface area contributed by atoms with Gasteiger partial charge in [-0.25, -0.2) is 8.78 Å². The molecule has 2 N–H and O–H groups in total. The Hall–Kier alpha value is -2.78. The summed E-state index contributed by atoms with van der Waals surface area (Å²) in [4.78, 5) is 13.3. The van der Waals surface area contributed by atoms with E-state index in [1.807, 2.05) is 0 Å². The Morgan fingerprint density at radius 1 is 1.22 bits per heavy atom. The first-order chi connectivity index (χ1) is 12.8. The van der Waals surface area contributed by atoms with Crippen LogP contribution in [0.3, 0.4) is 0 Å². The fourth-order valence-corrected chi connectivity index (χ4v) is 2.86. The molecule has 0 aliphatic carbocycles. The summed E-state index contributed by atoms with van der Waals surface area (Å²) in [6.45, 7) is -0.141. The van der Waals surface area contributed by atoms with Gasteiger partial charge in [0.2, 0.25) is 0 Å². The highest BCUT2D eigenvalue weighted by atomic mass is 19.1. The van der Waals surface area contributed by atoms with Crippen LogP contribution in [0.15, 0.2) is 42.6 Å². The molecule has 1 heterocycles. The highest BCUT2D eigenvalue weighted by Gasteiger charge is 2.22. The minimum Gasteiger partial charge on any atom is -0.423 e. The molecular formula is C18H18BF2N3O3. The van der Waals surface area contributed by atoms with Gasteiger partial charge in [-0.3, -0.25) is 9.48 Å². The number of carbonyl (C=O) groups excluding carboxylic acids is 1. The summed E-state index contributed by atoms with van der Waals surface area (Å²) in [6, 6.07) is 8.66. The van der Waals surface area contributed by atoms with Gasteiger partial charge in [0.05, 0.1) is 12.1 Å². The number of hydrogen-bond acceptors (Lipinski definition) is 4. The van der Waals surface area contributed by atoms with Crippen LogP contribution in [0, 0.1) is 5.82 Å². The first kappa shape index (κ1) is 19.0. The minimum absolute atomic E-state index is 0.141. The fourth-order valence-electron chi connectivity index (χ4n) is 2.86. The van der Waals surface area contributed by atoms with Gasteiger partial charge in [-0.2, -0.15) is 5.10 Å². The molecule has 2 aromatic carbocycles. The second-order valence-electron chi connectivity index (χ2n) is 6.41. The van der Waals surface area contributed by atoms with Crippen molar-refractivity contribution in [3.8, 4) is 0 Å². The molecule has 1 amide bonds. The third-order valence-electron chi connectivity index (χ3n) is 4.26. The normalized spacial score (nSPS) is 12.2. The van der Waals surface area contributed by atoms with Crippen LogP contribution in [0.25, 0.3) is 10.9 Å². The quantitative estimate of drug-likeness (QED) is 0.661. The Kier molecular flexibility index (Phi) is 5.25. The lowest BCUT2D eigenvalue weighted by atomic mass is 9.78. The van der Waals surface area contributed by atoms with E-state index in [1.54, 1.807) is 26.2 Å². The third kappa shape index (κ3) is 3.84. The minimum atomic E-state index is -1.99. The smallest absolute Gasteiger partial charge is 0.423 e. The molecule has 9 heteroatoms. The second-order valence-corrected chi connectivity index (χ2v) is 6.41. The van der Waals surface area contributed by atoms with Crippen molar-refractivity contribution >= 4 is 29.4 Å². The van der Waals surface area contributed by atoms with Crippen molar-refractivity contribution in [1.82, 2.24) is 14.7 Å². The molecule has 1 atom stereocenters. The number of halogens is 2. The van der Waals surface area contributed by atoms with Gasteiger partial charge in [0.15, 0.2) is 0 Å². The first-order valence-corrected chi connectivity index (χ1v) is 8.25. The molecule has 6 nitrogen and oxygen atoms in total. The predicted octanol–water partition coefficient (Wildman–Crippen LogP) is 1.27. The van der Waals surface area contributed by atoms with Crippen molar-refractivity contribution in [3.05, 3.63) is 59.5 Å². The Labute approximate surface area is 154 Å². The van der Waals surface area contributed by atoms with E-state index in [9.17, 15) is 23.6 Å². The highest BCUT2D eigenvalue weighted by molar-refractivity contribution is 6.62. The van der Waals surface area contributed by atoms with Crippen LogP contribution in [-0.2, 0) is 6.54 Å². The lowest BCUT2D eigenvalue weighted by Gasteiger charge is -2.12.